The zero-order chi connectivity index (χ0) is 12.8. The fourth-order valence-electron chi connectivity index (χ4n) is 1.27. The molecule has 1 aromatic rings. The number of hydrogen-bond acceptors (Lipinski definition) is 2. The molecule has 1 rings (SSSR count). The molecular weight excluding hydrogens is 289 g/mol. The van der Waals surface area contributed by atoms with Crippen molar-refractivity contribution in [2.45, 2.75) is 11.8 Å². The van der Waals surface area contributed by atoms with Crippen LogP contribution in [0.4, 0.5) is 4.39 Å². The number of amides is 1. The van der Waals surface area contributed by atoms with E-state index in [1.807, 2.05) is 0 Å². The van der Waals surface area contributed by atoms with Crippen LogP contribution in [-0.2, 0) is 4.79 Å². The molecule has 94 valence electrons. The summed E-state index contributed by atoms with van der Waals surface area (Å²) >= 11 is 3.20. The molecule has 17 heavy (non-hydrogen) atoms. The van der Waals surface area contributed by atoms with Crippen molar-refractivity contribution in [3.63, 3.8) is 0 Å². The second-order valence-corrected chi connectivity index (χ2v) is 5.03. The fourth-order valence-corrected chi connectivity index (χ4v) is 1.62. The number of para-hydroxylation sites is 1. The molecular formula is C12H15BrFNO2. The Hall–Kier alpha value is -1.10. The summed E-state index contributed by atoms with van der Waals surface area (Å²) in [5.41, 5.74) is 0. The van der Waals surface area contributed by atoms with E-state index < -0.39 is 5.82 Å². The van der Waals surface area contributed by atoms with Gasteiger partial charge in [-0.05, 0) is 19.1 Å². The highest BCUT2D eigenvalue weighted by Crippen LogP contribution is 2.15. The number of alkyl halides is 1. The van der Waals surface area contributed by atoms with Crippen molar-refractivity contribution in [3.8, 4) is 5.75 Å². The van der Waals surface area contributed by atoms with E-state index in [9.17, 15) is 9.18 Å². The number of ether oxygens (including phenoxy) is 1. The molecule has 5 heteroatoms. The summed E-state index contributed by atoms with van der Waals surface area (Å²) in [4.78, 5) is 12.8. The van der Waals surface area contributed by atoms with E-state index in [2.05, 4.69) is 15.9 Å². The first-order valence-electron chi connectivity index (χ1n) is 5.28. The Labute approximate surface area is 109 Å². The van der Waals surface area contributed by atoms with Crippen LogP contribution in [-0.4, -0.2) is 35.8 Å². The van der Waals surface area contributed by atoms with Gasteiger partial charge in [-0.25, -0.2) is 4.39 Å². The lowest BCUT2D eigenvalue weighted by Crippen LogP contribution is -2.35. The number of carbonyl (C=O) groups excluding carboxylic acids is 1. The third kappa shape index (κ3) is 4.34. The molecule has 0 aromatic heterocycles. The van der Waals surface area contributed by atoms with Crippen molar-refractivity contribution >= 4 is 21.8 Å². The maximum atomic E-state index is 13.2. The van der Waals surface area contributed by atoms with E-state index in [0.29, 0.717) is 6.54 Å². The maximum absolute atomic E-state index is 13.2. The molecule has 0 saturated carbocycles. The first kappa shape index (κ1) is 14.0. The van der Waals surface area contributed by atoms with Gasteiger partial charge in [0.15, 0.2) is 11.6 Å². The summed E-state index contributed by atoms with van der Waals surface area (Å²) in [6.07, 6.45) is 0. The zero-order valence-corrected chi connectivity index (χ0v) is 11.4. The second kappa shape index (κ2) is 6.59. The largest absolute Gasteiger partial charge is 0.489 e. The summed E-state index contributed by atoms with van der Waals surface area (Å²) < 4.78 is 18.4. The van der Waals surface area contributed by atoms with Gasteiger partial charge in [0.05, 0.1) is 11.4 Å². The highest BCUT2D eigenvalue weighted by Gasteiger charge is 2.14. The van der Waals surface area contributed by atoms with E-state index in [-0.39, 0.29) is 23.1 Å². The van der Waals surface area contributed by atoms with Crippen molar-refractivity contribution in [1.29, 1.82) is 0 Å². The number of benzene rings is 1. The zero-order valence-electron chi connectivity index (χ0n) is 9.82. The Morgan fingerprint density at radius 2 is 2.18 bits per heavy atom. The molecule has 0 aliphatic rings. The third-order valence-corrected chi connectivity index (χ3v) is 2.63. The smallest absolute Gasteiger partial charge is 0.235 e. The molecule has 0 fully saturated rings. The molecule has 1 aromatic carbocycles. The summed E-state index contributed by atoms with van der Waals surface area (Å²) in [5, 5.41) is 0. The number of rotatable bonds is 5. The molecule has 0 bridgehead atoms. The van der Waals surface area contributed by atoms with Gasteiger partial charge >= 0.3 is 0 Å². The summed E-state index contributed by atoms with van der Waals surface area (Å²) in [7, 11) is 1.69. The first-order valence-corrected chi connectivity index (χ1v) is 6.20. The number of halogens is 2. The SMILES string of the molecule is CC(Br)C(=O)N(C)CCOc1ccccc1F. The number of carbonyl (C=O) groups is 1. The highest BCUT2D eigenvalue weighted by molar-refractivity contribution is 9.10. The fraction of sp³-hybridized carbons (Fsp3) is 0.417. The molecule has 0 saturated heterocycles. The van der Waals surface area contributed by atoms with Gasteiger partial charge in [0.25, 0.3) is 0 Å². The normalized spacial score (nSPS) is 12.0. The van der Waals surface area contributed by atoms with Crippen molar-refractivity contribution in [2.75, 3.05) is 20.2 Å². The van der Waals surface area contributed by atoms with Crippen molar-refractivity contribution < 1.29 is 13.9 Å². The minimum absolute atomic E-state index is 0.0258. The van der Waals surface area contributed by atoms with E-state index in [0.717, 1.165) is 0 Å². The van der Waals surface area contributed by atoms with Gasteiger partial charge in [0.2, 0.25) is 5.91 Å². The average Bonchev–Trinajstić information content (AvgIpc) is 2.30. The minimum atomic E-state index is -0.393. The number of likely N-dealkylation sites (N-methyl/N-ethyl adjacent to an activating group) is 1. The monoisotopic (exact) mass is 303 g/mol. The lowest BCUT2D eigenvalue weighted by atomic mass is 10.3. The number of nitrogens with zero attached hydrogens (tertiary/aromatic N) is 1. The van der Waals surface area contributed by atoms with Crippen molar-refractivity contribution in [3.05, 3.63) is 30.1 Å². The predicted octanol–water partition coefficient (Wildman–Crippen LogP) is 2.45. The lowest BCUT2D eigenvalue weighted by Gasteiger charge is -2.18. The van der Waals surface area contributed by atoms with Gasteiger partial charge in [-0.2, -0.15) is 0 Å². The molecule has 1 unspecified atom stereocenters. The molecule has 1 amide bonds. The molecule has 0 N–H and O–H groups in total. The molecule has 0 radical (unpaired) electrons. The molecule has 0 heterocycles. The number of hydrogen-bond donors (Lipinski definition) is 0. The minimum Gasteiger partial charge on any atom is -0.489 e. The van der Waals surface area contributed by atoms with Crippen LogP contribution < -0.4 is 4.74 Å². The van der Waals surface area contributed by atoms with Crippen molar-refractivity contribution in [1.82, 2.24) is 4.90 Å². The maximum Gasteiger partial charge on any atom is 0.235 e. The summed E-state index contributed by atoms with van der Waals surface area (Å²) in [6, 6.07) is 6.20. The second-order valence-electron chi connectivity index (χ2n) is 3.65. The highest BCUT2D eigenvalue weighted by atomic mass is 79.9. The molecule has 0 aliphatic heterocycles. The topological polar surface area (TPSA) is 29.5 Å². The lowest BCUT2D eigenvalue weighted by molar-refractivity contribution is -0.129. The Kier molecular flexibility index (Phi) is 5.41. The predicted molar refractivity (Wildman–Crippen MR) is 67.9 cm³/mol. The van der Waals surface area contributed by atoms with Gasteiger partial charge in [-0.1, -0.05) is 28.1 Å². The van der Waals surface area contributed by atoms with Gasteiger partial charge in [-0.15, -0.1) is 0 Å². The Balaban J connectivity index is 2.38. The molecule has 0 aliphatic carbocycles. The van der Waals surface area contributed by atoms with E-state index >= 15 is 0 Å². The third-order valence-electron chi connectivity index (χ3n) is 2.24. The van der Waals surface area contributed by atoms with Crippen LogP contribution in [0.15, 0.2) is 24.3 Å². The summed E-state index contributed by atoms with van der Waals surface area (Å²) in [6.45, 7) is 2.45. The van der Waals surface area contributed by atoms with Gasteiger partial charge in [0.1, 0.15) is 6.61 Å². The Morgan fingerprint density at radius 1 is 1.53 bits per heavy atom. The molecule has 0 spiro atoms. The van der Waals surface area contributed by atoms with Crippen molar-refractivity contribution in [2.24, 2.45) is 0 Å². The van der Waals surface area contributed by atoms with Gasteiger partial charge in [0, 0.05) is 7.05 Å². The van der Waals surface area contributed by atoms with Crippen LogP contribution in [0.2, 0.25) is 0 Å². The van der Waals surface area contributed by atoms with Crippen LogP contribution in [0.1, 0.15) is 6.92 Å². The van der Waals surface area contributed by atoms with Crippen LogP contribution >= 0.6 is 15.9 Å². The average molecular weight is 304 g/mol. The standard InChI is InChI=1S/C12H15BrFNO2/c1-9(13)12(16)15(2)7-8-17-11-6-4-3-5-10(11)14/h3-6,9H,7-8H2,1-2H3. The van der Waals surface area contributed by atoms with Gasteiger partial charge < -0.3 is 9.64 Å². The van der Waals surface area contributed by atoms with E-state index in [4.69, 9.17) is 4.74 Å². The van der Waals surface area contributed by atoms with Crippen LogP contribution in [0.5, 0.6) is 5.75 Å². The van der Waals surface area contributed by atoms with Gasteiger partial charge in [-0.3, -0.25) is 4.79 Å². The Morgan fingerprint density at radius 3 is 2.76 bits per heavy atom. The van der Waals surface area contributed by atoms with Crippen LogP contribution in [0, 0.1) is 5.82 Å². The molecule has 3 nitrogen and oxygen atoms in total. The van der Waals surface area contributed by atoms with E-state index in [1.165, 1.54) is 6.07 Å². The van der Waals surface area contributed by atoms with Crippen LogP contribution in [0.25, 0.3) is 0 Å². The van der Waals surface area contributed by atoms with Crippen LogP contribution in [0.3, 0.4) is 0 Å². The summed E-state index contributed by atoms with van der Waals surface area (Å²) in [5.74, 6) is -0.210. The Bertz CT molecular complexity index is 385. The quantitative estimate of drug-likeness (QED) is 0.782. The first-order chi connectivity index (χ1) is 8.02. The van der Waals surface area contributed by atoms with E-state index in [1.54, 1.807) is 37.1 Å². The molecule has 1 atom stereocenters.